The predicted molar refractivity (Wildman–Crippen MR) is 136 cm³/mol. The number of hydrogen-bond acceptors (Lipinski definition) is 8. The Morgan fingerprint density at radius 1 is 1.20 bits per heavy atom. The van der Waals surface area contributed by atoms with E-state index < -0.39 is 0 Å². The molecule has 1 N–H and O–H groups in total. The molecule has 5 rings (SSSR count). The highest BCUT2D eigenvalue weighted by molar-refractivity contribution is 8.00. The van der Waals surface area contributed by atoms with E-state index in [1.807, 2.05) is 37.5 Å². The lowest BCUT2D eigenvalue weighted by Gasteiger charge is -2.34. The van der Waals surface area contributed by atoms with Crippen LogP contribution in [0.1, 0.15) is 29.8 Å². The molecule has 0 aromatic carbocycles. The number of pyridine rings is 3. The molecule has 2 aliphatic heterocycles. The van der Waals surface area contributed by atoms with Crippen molar-refractivity contribution in [2.45, 2.75) is 24.2 Å². The van der Waals surface area contributed by atoms with Crippen LogP contribution in [0, 0.1) is 5.92 Å². The van der Waals surface area contributed by atoms with Crippen LogP contribution in [0.2, 0.25) is 0 Å². The summed E-state index contributed by atoms with van der Waals surface area (Å²) in [6.45, 7) is 2.54. The second kappa shape index (κ2) is 10.1. The lowest BCUT2D eigenvalue weighted by Crippen LogP contribution is -2.36. The number of thioether (sulfide) groups is 1. The molecule has 1 saturated heterocycles. The van der Waals surface area contributed by atoms with Crippen LogP contribution in [0.4, 0.5) is 11.5 Å². The maximum absolute atomic E-state index is 12.9. The molecular formula is C25H28N6O3S. The Kier molecular flexibility index (Phi) is 6.72. The van der Waals surface area contributed by atoms with Gasteiger partial charge in [0.05, 0.1) is 29.0 Å². The number of carbonyl (C=O) groups is 2. The highest BCUT2D eigenvalue weighted by atomic mass is 32.2. The Morgan fingerprint density at radius 3 is 2.83 bits per heavy atom. The first-order chi connectivity index (χ1) is 17.0. The summed E-state index contributed by atoms with van der Waals surface area (Å²) >= 11 is 1.44. The van der Waals surface area contributed by atoms with Crippen LogP contribution in [0.25, 0.3) is 11.0 Å². The largest absolute Gasteiger partial charge is 0.481 e. The predicted octanol–water partition coefficient (Wildman–Crippen LogP) is 3.46. The SMILES string of the molecule is COc1ccc2nccc(N3CCC(CCN(C)C(=O)c4ccc5c(n4)NC(=O)CS5)CC3)c2n1. The summed E-state index contributed by atoms with van der Waals surface area (Å²) in [4.78, 5) is 43.0. The number of methoxy groups -OCH3 is 1. The highest BCUT2D eigenvalue weighted by Crippen LogP contribution is 2.31. The monoisotopic (exact) mass is 492 g/mol. The molecule has 0 atom stereocenters. The number of aromatic nitrogens is 3. The number of ether oxygens (including phenoxy) is 1. The maximum atomic E-state index is 12.9. The minimum absolute atomic E-state index is 0.0889. The van der Waals surface area contributed by atoms with Crippen molar-refractivity contribution in [2.24, 2.45) is 5.92 Å². The minimum Gasteiger partial charge on any atom is -0.481 e. The van der Waals surface area contributed by atoms with Crippen LogP contribution in [0.3, 0.4) is 0 Å². The third kappa shape index (κ3) is 5.02. The average Bonchev–Trinajstić information content (AvgIpc) is 2.90. The zero-order valence-electron chi connectivity index (χ0n) is 19.9. The summed E-state index contributed by atoms with van der Waals surface area (Å²) in [5.41, 5.74) is 3.17. The van der Waals surface area contributed by atoms with E-state index in [4.69, 9.17) is 4.74 Å². The van der Waals surface area contributed by atoms with Crippen LogP contribution < -0.4 is 15.0 Å². The number of nitrogens with zero attached hydrogens (tertiary/aromatic N) is 5. The van der Waals surface area contributed by atoms with Gasteiger partial charge in [-0.1, -0.05) is 0 Å². The molecule has 2 aliphatic rings. The summed E-state index contributed by atoms with van der Waals surface area (Å²) < 4.78 is 5.31. The van der Waals surface area contributed by atoms with E-state index in [9.17, 15) is 9.59 Å². The lowest BCUT2D eigenvalue weighted by atomic mass is 9.93. The van der Waals surface area contributed by atoms with E-state index in [2.05, 4.69) is 25.2 Å². The molecule has 35 heavy (non-hydrogen) atoms. The molecule has 0 radical (unpaired) electrons. The van der Waals surface area contributed by atoms with Crippen molar-refractivity contribution in [3.63, 3.8) is 0 Å². The second-order valence-electron chi connectivity index (χ2n) is 8.88. The van der Waals surface area contributed by atoms with E-state index in [1.165, 1.54) is 11.8 Å². The quantitative estimate of drug-likeness (QED) is 0.558. The molecule has 0 spiro atoms. The van der Waals surface area contributed by atoms with E-state index in [1.54, 1.807) is 18.1 Å². The number of anilines is 2. The Bertz CT molecular complexity index is 1260. The smallest absolute Gasteiger partial charge is 0.272 e. The zero-order valence-corrected chi connectivity index (χ0v) is 20.7. The van der Waals surface area contributed by atoms with Gasteiger partial charge in [0.1, 0.15) is 17.0 Å². The van der Waals surface area contributed by atoms with E-state index in [0.29, 0.717) is 35.6 Å². The van der Waals surface area contributed by atoms with Crippen LogP contribution in [-0.4, -0.2) is 71.2 Å². The maximum Gasteiger partial charge on any atom is 0.272 e. The van der Waals surface area contributed by atoms with Crippen molar-refractivity contribution >= 4 is 46.1 Å². The van der Waals surface area contributed by atoms with Gasteiger partial charge in [-0.3, -0.25) is 14.6 Å². The molecule has 182 valence electrons. The van der Waals surface area contributed by atoms with Crippen LogP contribution >= 0.6 is 11.8 Å². The van der Waals surface area contributed by atoms with Gasteiger partial charge in [0.15, 0.2) is 0 Å². The average molecular weight is 493 g/mol. The second-order valence-corrected chi connectivity index (χ2v) is 9.89. The van der Waals surface area contributed by atoms with Crippen LogP contribution in [0.15, 0.2) is 41.4 Å². The van der Waals surface area contributed by atoms with Gasteiger partial charge < -0.3 is 19.9 Å². The van der Waals surface area contributed by atoms with Crippen molar-refractivity contribution in [3.05, 3.63) is 42.2 Å². The van der Waals surface area contributed by atoms with Gasteiger partial charge in [-0.25, -0.2) is 9.97 Å². The number of rotatable bonds is 6. The number of nitrogens with one attached hydrogen (secondary N) is 1. The standard InChI is InChI=1S/C25H28N6O3S/c1-30(25(33)18-3-5-20-24(27-18)28-21(32)15-35-20)12-8-16-9-13-31(14-10-16)19-7-11-26-17-4-6-22(34-2)29-23(17)19/h3-7,11,16H,8-10,12-15H2,1-2H3,(H,27,28,32). The van der Waals surface area contributed by atoms with E-state index in [-0.39, 0.29) is 11.8 Å². The third-order valence-electron chi connectivity index (χ3n) is 6.61. The van der Waals surface area contributed by atoms with Crippen molar-refractivity contribution in [1.82, 2.24) is 19.9 Å². The number of hydrogen-bond donors (Lipinski definition) is 1. The van der Waals surface area contributed by atoms with Gasteiger partial charge in [-0.2, -0.15) is 0 Å². The van der Waals surface area contributed by atoms with Gasteiger partial charge in [-0.05, 0) is 49.4 Å². The fourth-order valence-electron chi connectivity index (χ4n) is 4.58. The van der Waals surface area contributed by atoms with Crippen LogP contribution in [-0.2, 0) is 4.79 Å². The number of amides is 2. The summed E-state index contributed by atoms with van der Waals surface area (Å²) in [5.74, 6) is 1.78. The minimum atomic E-state index is -0.127. The van der Waals surface area contributed by atoms with Gasteiger partial charge in [-0.15, -0.1) is 11.8 Å². The molecule has 3 aromatic rings. The molecule has 1 fully saturated rings. The number of fused-ring (bicyclic) bond motifs is 2. The van der Waals surface area contributed by atoms with Gasteiger partial charge in [0.25, 0.3) is 5.91 Å². The molecule has 3 aromatic heterocycles. The molecule has 2 amide bonds. The highest BCUT2D eigenvalue weighted by Gasteiger charge is 2.24. The van der Waals surface area contributed by atoms with E-state index >= 15 is 0 Å². The molecule has 0 saturated carbocycles. The summed E-state index contributed by atoms with van der Waals surface area (Å²) in [7, 11) is 3.43. The Hall–Kier alpha value is -3.40. The summed E-state index contributed by atoms with van der Waals surface area (Å²) in [6, 6.07) is 9.39. The first kappa shape index (κ1) is 23.3. The van der Waals surface area contributed by atoms with E-state index in [0.717, 1.165) is 54.0 Å². The first-order valence-electron chi connectivity index (χ1n) is 11.8. The molecule has 9 nitrogen and oxygen atoms in total. The Balaban J connectivity index is 1.17. The molecule has 0 aliphatic carbocycles. The zero-order chi connectivity index (χ0) is 24.4. The van der Waals surface area contributed by atoms with Crippen molar-refractivity contribution in [2.75, 3.05) is 49.8 Å². The van der Waals surface area contributed by atoms with Crippen molar-refractivity contribution in [1.29, 1.82) is 0 Å². The number of piperidine rings is 1. The summed E-state index contributed by atoms with van der Waals surface area (Å²) in [5, 5.41) is 2.75. The molecule has 10 heteroatoms. The van der Waals surface area contributed by atoms with Gasteiger partial charge in [0, 0.05) is 38.9 Å². The lowest BCUT2D eigenvalue weighted by molar-refractivity contribution is -0.113. The third-order valence-corrected chi connectivity index (χ3v) is 7.66. The fraction of sp³-hybridized carbons (Fsp3) is 0.400. The number of carbonyl (C=O) groups excluding carboxylic acids is 2. The molecular weight excluding hydrogens is 464 g/mol. The fourth-order valence-corrected chi connectivity index (χ4v) is 5.34. The molecule has 0 unspecified atom stereocenters. The van der Waals surface area contributed by atoms with Gasteiger partial charge >= 0.3 is 0 Å². The normalized spacial score (nSPS) is 16.1. The Morgan fingerprint density at radius 2 is 2.03 bits per heavy atom. The Labute approximate surface area is 208 Å². The first-order valence-corrected chi connectivity index (χ1v) is 12.7. The molecule has 5 heterocycles. The van der Waals surface area contributed by atoms with Gasteiger partial charge in [0.2, 0.25) is 11.8 Å². The summed E-state index contributed by atoms with van der Waals surface area (Å²) in [6.07, 6.45) is 4.88. The van der Waals surface area contributed by atoms with Crippen molar-refractivity contribution < 1.29 is 14.3 Å². The molecule has 0 bridgehead atoms. The van der Waals surface area contributed by atoms with Crippen molar-refractivity contribution in [3.8, 4) is 5.88 Å². The van der Waals surface area contributed by atoms with Crippen LogP contribution in [0.5, 0.6) is 5.88 Å². The topological polar surface area (TPSA) is 101 Å².